The van der Waals surface area contributed by atoms with E-state index in [4.69, 9.17) is 0 Å². The van der Waals surface area contributed by atoms with Gasteiger partial charge in [0.15, 0.2) is 0 Å². The van der Waals surface area contributed by atoms with Crippen molar-refractivity contribution in [2.75, 3.05) is 13.1 Å². The van der Waals surface area contributed by atoms with Crippen LogP contribution in [0.25, 0.3) is 0 Å². The zero-order chi connectivity index (χ0) is 15.5. The van der Waals surface area contributed by atoms with Crippen LogP contribution in [0.3, 0.4) is 0 Å². The Bertz CT molecular complexity index is 652. The van der Waals surface area contributed by atoms with Crippen LogP contribution >= 0.6 is 0 Å². The standard InChI is InChI=1S/C16H21N5O/c1-3-13-9-15(20(2)19-13)16(22)21-8-4-5-12(11-21)14-10-17-6-7-18-14/h6-7,9-10,12H,3-5,8,11H2,1-2H3/t12-/m1/s1. The number of rotatable bonds is 3. The number of carbonyl (C=O) groups is 1. The van der Waals surface area contributed by atoms with E-state index in [0.29, 0.717) is 12.2 Å². The first-order chi connectivity index (χ1) is 10.7. The molecule has 1 atom stereocenters. The first kappa shape index (κ1) is 14.7. The third-order valence-electron chi connectivity index (χ3n) is 4.22. The van der Waals surface area contributed by atoms with Gasteiger partial charge in [0.1, 0.15) is 5.69 Å². The minimum atomic E-state index is 0.0586. The second kappa shape index (κ2) is 6.25. The molecule has 3 heterocycles. The monoisotopic (exact) mass is 299 g/mol. The van der Waals surface area contributed by atoms with Crippen LogP contribution in [0, 0.1) is 0 Å². The molecule has 0 radical (unpaired) electrons. The Hall–Kier alpha value is -2.24. The van der Waals surface area contributed by atoms with Gasteiger partial charge in [-0.2, -0.15) is 5.10 Å². The van der Waals surface area contributed by atoms with E-state index in [1.165, 1.54) is 0 Å². The molecule has 0 bridgehead atoms. The number of hydrogen-bond donors (Lipinski definition) is 0. The van der Waals surface area contributed by atoms with Gasteiger partial charge >= 0.3 is 0 Å². The molecule has 22 heavy (non-hydrogen) atoms. The number of hydrogen-bond acceptors (Lipinski definition) is 4. The molecule has 2 aromatic heterocycles. The Morgan fingerprint density at radius 3 is 2.95 bits per heavy atom. The summed E-state index contributed by atoms with van der Waals surface area (Å²) < 4.78 is 1.69. The number of aryl methyl sites for hydroxylation is 2. The maximum absolute atomic E-state index is 12.8. The van der Waals surface area contributed by atoms with Crippen molar-refractivity contribution >= 4 is 5.91 Å². The lowest BCUT2D eigenvalue weighted by Gasteiger charge is -2.32. The van der Waals surface area contributed by atoms with E-state index in [0.717, 1.165) is 37.2 Å². The number of aromatic nitrogens is 4. The summed E-state index contributed by atoms with van der Waals surface area (Å²) in [5.41, 5.74) is 2.59. The Morgan fingerprint density at radius 1 is 1.41 bits per heavy atom. The normalized spacial score (nSPS) is 18.5. The summed E-state index contributed by atoms with van der Waals surface area (Å²) in [6.45, 7) is 3.54. The SMILES string of the molecule is CCc1cc(C(=O)N2CCC[C@@H](c3cnccn3)C2)n(C)n1. The zero-order valence-electron chi connectivity index (χ0n) is 13.1. The van der Waals surface area contributed by atoms with Crippen LogP contribution in [0.4, 0.5) is 0 Å². The van der Waals surface area contributed by atoms with Crippen LogP contribution in [0.1, 0.15) is 47.6 Å². The van der Waals surface area contributed by atoms with Crippen LogP contribution in [0.2, 0.25) is 0 Å². The smallest absolute Gasteiger partial charge is 0.272 e. The van der Waals surface area contributed by atoms with Crippen LogP contribution < -0.4 is 0 Å². The predicted octanol–water partition coefficient (Wildman–Crippen LogP) is 1.79. The molecule has 2 aromatic rings. The largest absolute Gasteiger partial charge is 0.337 e. The molecule has 116 valence electrons. The molecule has 6 heteroatoms. The summed E-state index contributed by atoms with van der Waals surface area (Å²) in [6, 6.07) is 1.90. The van der Waals surface area contributed by atoms with Crippen molar-refractivity contribution in [3.05, 3.63) is 41.7 Å². The van der Waals surface area contributed by atoms with Crippen LogP contribution in [0.5, 0.6) is 0 Å². The molecule has 6 nitrogen and oxygen atoms in total. The van der Waals surface area contributed by atoms with Gasteiger partial charge in [0.2, 0.25) is 0 Å². The summed E-state index contributed by atoms with van der Waals surface area (Å²) >= 11 is 0. The first-order valence-electron chi connectivity index (χ1n) is 7.77. The quantitative estimate of drug-likeness (QED) is 0.867. The molecule has 0 unspecified atom stereocenters. The van der Waals surface area contributed by atoms with Crippen molar-refractivity contribution in [2.24, 2.45) is 7.05 Å². The maximum atomic E-state index is 12.8. The van der Waals surface area contributed by atoms with Gasteiger partial charge < -0.3 is 4.90 Å². The van der Waals surface area contributed by atoms with Crippen molar-refractivity contribution in [1.82, 2.24) is 24.6 Å². The Morgan fingerprint density at radius 2 is 2.27 bits per heavy atom. The van der Waals surface area contributed by atoms with E-state index in [1.54, 1.807) is 23.3 Å². The average Bonchev–Trinajstić information content (AvgIpc) is 2.96. The molecule has 1 aliphatic rings. The molecule has 1 saturated heterocycles. The van der Waals surface area contributed by atoms with Crippen molar-refractivity contribution in [2.45, 2.75) is 32.1 Å². The van der Waals surface area contributed by atoms with E-state index >= 15 is 0 Å². The van der Waals surface area contributed by atoms with E-state index in [-0.39, 0.29) is 11.8 Å². The number of piperidine rings is 1. The predicted molar refractivity (Wildman–Crippen MR) is 82.5 cm³/mol. The van der Waals surface area contributed by atoms with E-state index < -0.39 is 0 Å². The molecule has 3 rings (SSSR count). The highest BCUT2D eigenvalue weighted by Crippen LogP contribution is 2.26. The van der Waals surface area contributed by atoms with Gasteiger partial charge in [-0.3, -0.25) is 19.4 Å². The number of likely N-dealkylation sites (tertiary alicyclic amines) is 1. The minimum Gasteiger partial charge on any atom is -0.337 e. The molecular weight excluding hydrogens is 278 g/mol. The molecule has 0 saturated carbocycles. The highest BCUT2D eigenvalue weighted by molar-refractivity contribution is 5.92. The van der Waals surface area contributed by atoms with Gasteiger partial charge in [0, 0.05) is 44.6 Å². The highest BCUT2D eigenvalue weighted by atomic mass is 16.2. The van der Waals surface area contributed by atoms with Gasteiger partial charge in [0.05, 0.1) is 11.4 Å². The molecule has 1 fully saturated rings. The van der Waals surface area contributed by atoms with Crippen LogP contribution in [0.15, 0.2) is 24.7 Å². The van der Waals surface area contributed by atoms with E-state index in [9.17, 15) is 4.79 Å². The lowest BCUT2D eigenvalue weighted by Crippen LogP contribution is -2.40. The summed E-state index contributed by atoms with van der Waals surface area (Å²) in [6.07, 6.45) is 8.07. The average molecular weight is 299 g/mol. The molecule has 1 aliphatic heterocycles. The van der Waals surface area contributed by atoms with E-state index in [1.807, 2.05) is 24.9 Å². The van der Waals surface area contributed by atoms with Gasteiger partial charge in [0.25, 0.3) is 5.91 Å². The third-order valence-corrected chi connectivity index (χ3v) is 4.22. The maximum Gasteiger partial charge on any atom is 0.272 e. The Balaban J connectivity index is 1.76. The van der Waals surface area contributed by atoms with Gasteiger partial charge in [-0.05, 0) is 25.3 Å². The fourth-order valence-electron chi connectivity index (χ4n) is 2.99. The number of nitrogens with zero attached hydrogens (tertiary/aromatic N) is 5. The first-order valence-corrected chi connectivity index (χ1v) is 7.77. The second-order valence-corrected chi connectivity index (χ2v) is 5.72. The minimum absolute atomic E-state index is 0.0586. The van der Waals surface area contributed by atoms with Crippen molar-refractivity contribution in [3.63, 3.8) is 0 Å². The van der Waals surface area contributed by atoms with Crippen molar-refractivity contribution < 1.29 is 4.79 Å². The Labute approximate surface area is 130 Å². The molecule has 0 aliphatic carbocycles. The molecule has 0 aromatic carbocycles. The fourth-order valence-corrected chi connectivity index (χ4v) is 2.99. The fraction of sp³-hybridized carbons (Fsp3) is 0.500. The highest BCUT2D eigenvalue weighted by Gasteiger charge is 2.27. The van der Waals surface area contributed by atoms with Crippen molar-refractivity contribution in [3.8, 4) is 0 Å². The van der Waals surface area contributed by atoms with Crippen LogP contribution in [-0.4, -0.2) is 43.6 Å². The van der Waals surface area contributed by atoms with Crippen molar-refractivity contribution in [1.29, 1.82) is 0 Å². The molecular formula is C16H21N5O. The number of amides is 1. The molecule has 0 N–H and O–H groups in total. The summed E-state index contributed by atoms with van der Waals surface area (Å²) in [5, 5.41) is 4.37. The molecule has 1 amide bonds. The second-order valence-electron chi connectivity index (χ2n) is 5.72. The summed E-state index contributed by atoms with van der Waals surface area (Å²) in [7, 11) is 1.83. The zero-order valence-corrected chi connectivity index (χ0v) is 13.1. The topological polar surface area (TPSA) is 63.9 Å². The van der Waals surface area contributed by atoms with Gasteiger partial charge in [-0.1, -0.05) is 6.92 Å². The lowest BCUT2D eigenvalue weighted by atomic mass is 9.95. The van der Waals surface area contributed by atoms with Gasteiger partial charge in [-0.25, -0.2) is 0 Å². The Kier molecular flexibility index (Phi) is 4.18. The number of carbonyl (C=O) groups excluding carboxylic acids is 1. The summed E-state index contributed by atoms with van der Waals surface area (Å²) in [4.78, 5) is 23.2. The summed E-state index contributed by atoms with van der Waals surface area (Å²) in [5.74, 6) is 0.327. The molecule has 0 spiro atoms. The van der Waals surface area contributed by atoms with Gasteiger partial charge in [-0.15, -0.1) is 0 Å². The lowest BCUT2D eigenvalue weighted by molar-refractivity contribution is 0.0694. The third kappa shape index (κ3) is 2.86. The van der Waals surface area contributed by atoms with E-state index in [2.05, 4.69) is 15.1 Å². The van der Waals surface area contributed by atoms with Crippen LogP contribution in [-0.2, 0) is 13.5 Å².